The standard InChI is InChI=1S/C27H25F3N4O2S/c1-15-19(9-20-21(28)6-4-7-22(20)29)27-34(17(13-37-27)12-31-10-16-11-32-14-33-16)26(35)24(15)18-5-3-8-23(36-2)25(18)30/h3-8,11,14,17,31H,9-10,12-13H2,1-2H3,(H,32,33). The molecule has 0 aliphatic carbocycles. The average Bonchev–Trinajstić information content (AvgIpc) is 3.55. The monoisotopic (exact) mass is 526 g/mol. The summed E-state index contributed by atoms with van der Waals surface area (Å²) in [5, 5.41) is 3.97. The van der Waals surface area contributed by atoms with Crippen LogP contribution in [0.5, 0.6) is 5.75 Å². The number of aromatic amines is 1. The number of ether oxygens (including phenoxy) is 1. The quantitative estimate of drug-likeness (QED) is 0.338. The number of hydrogen-bond acceptors (Lipinski definition) is 5. The number of rotatable bonds is 8. The predicted octanol–water partition coefficient (Wildman–Crippen LogP) is 5.00. The molecule has 2 aromatic carbocycles. The molecule has 10 heteroatoms. The molecule has 0 saturated heterocycles. The maximum Gasteiger partial charge on any atom is 0.260 e. The van der Waals surface area contributed by atoms with Gasteiger partial charge in [0, 0.05) is 48.3 Å². The Labute approximate surface area is 215 Å². The first-order chi connectivity index (χ1) is 17.9. The Bertz CT molecular complexity index is 1480. The molecule has 5 rings (SSSR count). The maximum atomic E-state index is 15.4. The lowest BCUT2D eigenvalue weighted by molar-refractivity contribution is 0.387. The molecule has 37 heavy (non-hydrogen) atoms. The predicted molar refractivity (Wildman–Crippen MR) is 137 cm³/mol. The minimum absolute atomic E-state index is 0.00986. The first-order valence-electron chi connectivity index (χ1n) is 11.7. The van der Waals surface area contributed by atoms with Crippen LogP contribution in [0.15, 0.2) is 58.7 Å². The molecular weight excluding hydrogens is 501 g/mol. The highest BCUT2D eigenvalue weighted by molar-refractivity contribution is 7.99. The summed E-state index contributed by atoms with van der Waals surface area (Å²) in [6.45, 7) is 2.70. The second-order valence-corrected chi connectivity index (χ2v) is 9.84. The Kier molecular flexibility index (Phi) is 7.12. The molecule has 0 radical (unpaired) electrons. The van der Waals surface area contributed by atoms with Crippen molar-refractivity contribution in [3.05, 3.63) is 99.1 Å². The summed E-state index contributed by atoms with van der Waals surface area (Å²) in [6.07, 6.45) is 3.23. The number of methoxy groups -OCH3 is 1. The number of nitrogens with zero attached hydrogens (tertiary/aromatic N) is 2. The zero-order valence-electron chi connectivity index (χ0n) is 20.3. The number of fused-ring (bicyclic) bond motifs is 1. The number of H-pyrrole nitrogens is 1. The molecule has 1 aliphatic rings. The van der Waals surface area contributed by atoms with Gasteiger partial charge in [0.25, 0.3) is 5.56 Å². The van der Waals surface area contributed by atoms with E-state index < -0.39 is 17.5 Å². The summed E-state index contributed by atoms with van der Waals surface area (Å²) < 4.78 is 51.5. The zero-order chi connectivity index (χ0) is 26.1. The molecule has 2 aromatic heterocycles. The van der Waals surface area contributed by atoms with Crippen molar-refractivity contribution in [2.24, 2.45) is 0 Å². The van der Waals surface area contributed by atoms with Crippen LogP contribution < -0.4 is 15.6 Å². The van der Waals surface area contributed by atoms with E-state index in [1.807, 2.05) is 0 Å². The van der Waals surface area contributed by atoms with Gasteiger partial charge >= 0.3 is 0 Å². The lowest BCUT2D eigenvalue weighted by Crippen LogP contribution is -2.33. The topological polar surface area (TPSA) is 71.9 Å². The number of aromatic nitrogens is 3. The van der Waals surface area contributed by atoms with Crippen molar-refractivity contribution in [1.29, 1.82) is 0 Å². The molecule has 0 amide bonds. The van der Waals surface area contributed by atoms with Gasteiger partial charge in [-0.05, 0) is 36.2 Å². The Balaban J connectivity index is 1.64. The minimum atomic E-state index is -0.667. The average molecular weight is 527 g/mol. The summed E-state index contributed by atoms with van der Waals surface area (Å²) in [4.78, 5) is 21.0. The fourth-order valence-corrected chi connectivity index (χ4v) is 6.13. The molecule has 3 heterocycles. The van der Waals surface area contributed by atoms with Crippen LogP contribution in [0.25, 0.3) is 11.1 Å². The van der Waals surface area contributed by atoms with E-state index in [4.69, 9.17) is 4.74 Å². The van der Waals surface area contributed by atoms with Gasteiger partial charge in [0.2, 0.25) is 0 Å². The first kappa shape index (κ1) is 25.2. The van der Waals surface area contributed by atoms with Crippen LogP contribution in [0, 0.1) is 24.4 Å². The third kappa shape index (κ3) is 4.67. The van der Waals surface area contributed by atoms with E-state index in [9.17, 15) is 13.6 Å². The van der Waals surface area contributed by atoms with E-state index in [1.54, 1.807) is 30.1 Å². The molecular formula is C27H25F3N4O2S. The van der Waals surface area contributed by atoms with Crippen LogP contribution in [0.4, 0.5) is 13.2 Å². The summed E-state index contributed by atoms with van der Waals surface area (Å²) in [6, 6.07) is 8.11. The second kappa shape index (κ2) is 10.5. The molecule has 0 spiro atoms. The number of thioether (sulfide) groups is 1. The largest absolute Gasteiger partial charge is 0.494 e. The summed E-state index contributed by atoms with van der Waals surface area (Å²) >= 11 is 1.47. The Morgan fingerprint density at radius 2 is 1.92 bits per heavy atom. The van der Waals surface area contributed by atoms with Crippen molar-refractivity contribution in [2.45, 2.75) is 31.0 Å². The van der Waals surface area contributed by atoms with Gasteiger partial charge in [0.1, 0.15) is 11.6 Å². The van der Waals surface area contributed by atoms with Crippen LogP contribution in [0.3, 0.4) is 0 Å². The number of nitrogens with one attached hydrogen (secondary N) is 2. The van der Waals surface area contributed by atoms with Crippen molar-refractivity contribution >= 4 is 11.8 Å². The zero-order valence-corrected chi connectivity index (χ0v) is 21.1. The number of benzene rings is 2. The highest BCUT2D eigenvalue weighted by atomic mass is 32.2. The minimum Gasteiger partial charge on any atom is -0.494 e. The molecule has 1 unspecified atom stereocenters. The van der Waals surface area contributed by atoms with E-state index in [0.717, 1.165) is 5.69 Å². The number of pyridine rings is 1. The van der Waals surface area contributed by atoms with Gasteiger partial charge < -0.3 is 15.0 Å². The van der Waals surface area contributed by atoms with Crippen LogP contribution >= 0.6 is 11.8 Å². The lowest BCUT2D eigenvalue weighted by Gasteiger charge is -2.21. The highest BCUT2D eigenvalue weighted by Crippen LogP contribution is 2.40. The molecule has 2 N–H and O–H groups in total. The van der Waals surface area contributed by atoms with E-state index >= 15 is 4.39 Å². The normalized spacial score (nSPS) is 14.7. The van der Waals surface area contributed by atoms with Gasteiger partial charge in [-0.1, -0.05) is 18.2 Å². The first-order valence-corrected chi connectivity index (χ1v) is 12.7. The number of hydrogen-bond donors (Lipinski definition) is 2. The van der Waals surface area contributed by atoms with Crippen LogP contribution in [-0.4, -0.2) is 33.9 Å². The fourth-order valence-electron chi connectivity index (χ4n) is 4.74. The van der Waals surface area contributed by atoms with E-state index in [0.29, 0.717) is 35.0 Å². The Morgan fingerprint density at radius 3 is 2.62 bits per heavy atom. The van der Waals surface area contributed by atoms with Crippen LogP contribution in [0.2, 0.25) is 0 Å². The second-order valence-electron chi connectivity index (χ2n) is 8.83. The van der Waals surface area contributed by atoms with Gasteiger partial charge in [0.05, 0.1) is 30.1 Å². The van der Waals surface area contributed by atoms with Gasteiger partial charge in [-0.15, -0.1) is 11.8 Å². The van der Waals surface area contributed by atoms with Crippen LogP contribution in [0.1, 0.15) is 28.4 Å². The van der Waals surface area contributed by atoms with Crippen molar-refractivity contribution in [1.82, 2.24) is 19.9 Å². The van der Waals surface area contributed by atoms with Gasteiger partial charge in [-0.3, -0.25) is 9.36 Å². The maximum absolute atomic E-state index is 15.4. The molecule has 1 aliphatic heterocycles. The highest BCUT2D eigenvalue weighted by Gasteiger charge is 2.32. The van der Waals surface area contributed by atoms with Crippen molar-refractivity contribution in [2.75, 3.05) is 19.4 Å². The molecule has 6 nitrogen and oxygen atoms in total. The number of halogens is 3. The van der Waals surface area contributed by atoms with Gasteiger partial charge in [0.15, 0.2) is 11.6 Å². The summed E-state index contributed by atoms with van der Waals surface area (Å²) in [5.41, 5.74) is 1.80. The molecule has 4 aromatic rings. The van der Waals surface area contributed by atoms with Crippen molar-refractivity contribution < 1.29 is 17.9 Å². The Hall–Kier alpha value is -3.50. The van der Waals surface area contributed by atoms with Crippen LogP contribution in [-0.2, 0) is 13.0 Å². The molecule has 192 valence electrons. The molecule has 0 fully saturated rings. The van der Waals surface area contributed by atoms with Crippen molar-refractivity contribution in [3.8, 4) is 16.9 Å². The number of imidazole rings is 1. The SMILES string of the molecule is COc1cccc(-c2c(C)c(Cc3c(F)cccc3F)c3n(c2=O)C(CNCc2cnc[nH]2)CS3)c1F. The lowest BCUT2D eigenvalue weighted by atomic mass is 9.94. The Morgan fingerprint density at radius 1 is 1.16 bits per heavy atom. The third-order valence-corrected chi connectivity index (χ3v) is 7.90. The van der Waals surface area contributed by atoms with Gasteiger partial charge in [-0.2, -0.15) is 0 Å². The van der Waals surface area contributed by atoms with Crippen molar-refractivity contribution in [3.63, 3.8) is 0 Å². The van der Waals surface area contributed by atoms with Gasteiger partial charge in [-0.25, -0.2) is 18.2 Å². The fraction of sp³-hybridized carbons (Fsp3) is 0.259. The third-order valence-electron chi connectivity index (χ3n) is 6.63. The summed E-state index contributed by atoms with van der Waals surface area (Å²) in [7, 11) is 1.36. The smallest absolute Gasteiger partial charge is 0.260 e. The molecule has 1 atom stereocenters. The molecule has 0 saturated carbocycles. The van der Waals surface area contributed by atoms with E-state index in [-0.39, 0.29) is 40.5 Å². The summed E-state index contributed by atoms with van der Waals surface area (Å²) in [5.74, 6) is -1.40. The van der Waals surface area contributed by atoms with E-state index in [2.05, 4.69) is 15.3 Å². The van der Waals surface area contributed by atoms with E-state index in [1.165, 1.54) is 49.2 Å². The molecule has 0 bridgehead atoms.